The summed E-state index contributed by atoms with van der Waals surface area (Å²) in [6, 6.07) is 6.95. The molecule has 1 saturated heterocycles. The van der Waals surface area contributed by atoms with Gasteiger partial charge in [0.25, 0.3) is 5.91 Å². The van der Waals surface area contributed by atoms with Crippen molar-refractivity contribution in [1.82, 2.24) is 4.90 Å². The summed E-state index contributed by atoms with van der Waals surface area (Å²) in [4.78, 5) is 12.9. The molecule has 18 heavy (non-hydrogen) atoms. The number of benzene rings is 1. The lowest BCUT2D eigenvalue weighted by Gasteiger charge is -2.23. The maximum atomic E-state index is 13.9. The number of likely N-dealkylation sites (tertiary alicyclic amines) is 1. The van der Waals surface area contributed by atoms with Crippen LogP contribution in [0.1, 0.15) is 12.0 Å². The van der Waals surface area contributed by atoms with Crippen molar-refractivity contribution in [1.29, 1.82) is 0 Å². The van der Waals surface area contributed by atoms with Crippen molar-refractivity contribution in [3.8, 4) is 0 Å². The van der Waals surface area contributed by atoms with E-state index in [1.165, 1.54) is 24.3 Å². The van der Waals surface area contributed by atoms with Gasteiger partial charge in [0, 0.05) is 24.7 Å². The van der Waals surface area contributed by atoms with E-state index < -0.39 is 11.8 Å². The zero-order valence-corrected chi connectivity index (χ0v) is 10.5. The van der Waals surface area contributed by atoms with Gasteiger partial charge in [-0.1, -0.05) is 30.3 Å². The lowest BCUT2D eigenvalue weighted by molar-refractivity contribution is -0.157. The minimum absolute atomic E-state index is 0. The Bertz CT molecular complexity index is 414. The summed E-state index contributed by atoms with van der Waals surface area (Å²) in [6.07, 6.45) is 0.580. The van der Waals surface area contributed by atoms with E-state index >= 15 is 0 Å². The average molecular weight is 277 g/mol. The van der Waals surface area contributed by atoms with Gasteiger partial charge in [0.05, 0.1) is 0 Å². The Balaban J connectivity index is 0.00000162. The molecule has 2 N–H and O–H groups in total. The second kappa shape index (κ2) is 5.63. The van der Waals surface area contributed by atoms with Crippen LogP contribution in [0, 0.1) is 0 Å². The number of nitrogens with two attached hydrogens (primary N) is 1. The fourth-order valence-corrected chi connectivity index (χ4v) is 1.94. The topological polar surface area (TPSA) is 46.3 Å². The quantitative estimate of drug-likeness (QED) is 0.895. The Hall–Kier alpha value is -1.20. The highest BCUT2D eigenvalue weighted by Gasteiger charge is 2.45. The molecule has 100 valence electrons. The minimum Gasteiger partial charge on any atom is -0.336 e. The van der Waals surface area contributed by atoms with Gasteiger partial charge in [-0.25, -0.2) is 0 Å². The molecule has 1 heterocycles. The number of halogens is 3. The number of rotatable bonds is 2. The van der Waals surface area contributed by atoms with Crippen LogP contribution in [-0.2, 0) is 10.7 Å². The maximum absolute atomic E-state index is 13.9. The first-order chi connectivity index (χ1) is 8.01. The Morgan fingerprint density at radius 1 is 1.33 bits per heavy atom. The predicted octanol–water partition coefficient (Wildman–Crippen LogP) is 1.76. The van der Waals surface area contributed by atoms with E-state index in [0.29, 0.717) is 13.0 Å². The number of alkyl halides is 2. The molecular formula is C12H15ClF2N2O. The third kappa shape index (κ3) is 2.79. The third-order valence-corrected chi connectivity index (χ3v) is 2.92. The van der Waals surface area contributed by atoms with Gasteiger partial charge < -0.3 is 10.6 Å². The highest BCUT2D eigenvalue weighted by molar-refractivity contribution is 5.85. The van der Waals surface area contributed by atoms with E-state index in [4.69, 9.17) is 5.73 Å². The van der Waals surface area contributed by atoms with Gasteiger partial charge in [0.2, 0.25) is 0 Å². The van der Waals surface area contributed by atoms with Crippen molar-refractivity contribution in [2.45, 2.75) is 18.4 Å². The molecule has 3 nitrogen and oxygen atoms in total. The second-order valence-corrected chi connectivity index (χ2v) is 4.24. The van der Waals surface area contributed by atoms with E-state index in [1.807, 2.05) is 0 Å². The number of carbonyl (C=O) groups is 1. The number of amides is 1. The molecule has 0 bridgehead atoms. The van der Waals surface area contributed by atoms with Gasteiger partial charge in [0.15, 0.2) is 0 Å². The summed E-state index contributed by atoms with van der Waals surface area (Å²) < 4.78 is 27.8. The smallest absolute Gasteiger partial charge is 0.336 e. The van der Waals surface area contributed by atoms with Crippen molar-refractivity contribution in [2.75, 3.05) is 13.1 Å². The first-order valence-corrected chi connectivity index (χ1v) is 5.50. The summed E-state index contributed by atoms with van der Waals surface area (Å²) in [6.45, 7) is 0.518. The summed E-state index contributed by atoms with van der Waals surface area (Å²) in [5.74, 6) is -4.62. The van der Waals surface area contributed by atoms with Gasteiger partial charge in [-0.2, -0.15) is 8.78 Å². The Labute approximate surface area is 110 Å². The molecule has 0 radical (unpaired) electrons. The summed E-state index contributed by atoms with van der Waals surface area (Å²) in [5.41, 5.74) is 5.33. The zero-order valence-electron chi connectivity index (χ0n) is 9.68. The molecule has 1 fully saturated rings. The normalized spacial score (nSPS) is 19.5. The van der Waals surface area contributed by atoms with Crippen molar-refractivity contribution in [2.24, 2.45) is 5.73 Å². The molecule has 1 amide bonds. The fraction of sp³-hybridized carbons (Fsp3) is 0.417. The van der Waals surface area contributed by atoms with Gasteiger partial charge in [-0.05, 0) is 6.42 Å². The molecule has 0 saturated carbocycles. The molecule has 1 aromatic rings. The van der Waals surface area contributed by atoms with Gasteiger partial charge in [-0.3, -0.25) is 4.79 Å². The zero-order chi connectivity index (χ0) is 12.5. The van der Waals surface area contributed by atoms with Crippen LogP contribution in [0.25, 0.3) is 0 Å². The first kappa shape index (κ1) is 14.9. The second-order valence-electron chi connectivity index (χ2n) is 4.24. The van der Waals surface area contributed by atoms with Crippen LogP contribution in [0.5, 0.6) is 0 Å². The largest absolute Gasteiger partial charge is 0.349 e. The molecule has 1 aliphatic rings. The molecule has 1 aromatic carbocycles. The lowest BCUT2D eigenvalue weighted by atomic mass is 10.1. The van der Waals surface area contributed by atoms with Crippen molar-refractivity contribution >= 4 is 18.3 Å². The fourth-order valence-electron chi connectivity index (χ4n) is 1.94. The number of nitrogens with zero attached hydrogens (tertiary/aromatic N) is 1. The molecule has 6 heteroatoms. The molecule has 1 atom stereocenters. The lowest BCUT2D eigenvalue weighted by Crippen LogP contribution is -2.41. The monoisotopic (exact) mass is 276 g/mol. The summed E-state index contributed by atoms with van der Waals surface area (Å²) >= 11 is 0. The standard InChI is InChI=1S/C12H14F2N2O.ClH/c13-12(14,9-4-2-1-3-5-9)11(17)16-7-6-10(15)8-16;/h1-5,10H,6-8,15H2;1H/t10-;/m1./s1. The molecule has 0 aliphatic carbocycles. The molecule has 0 unspecified atom stereocenters. The van der Waals surface area contributed by atoms with Crippen LogP contribution in [0.15, 0.2) is 30.3 Å². The van der Waals surface area contributed by atoms with Crippen molar-refractivity contribution in [3.05, 3.63) is 35.9 Å². The van der Waals surface area contributed by atoms with E-state index in [-0.39, 0.29) is 30.6 Å². The van der Waals surface area contributed by atoms with Gasteiger partial charge in [-0.15, -0.1) is 12.4 Å². The van der Waals surface area contributed by atoms with Gasteiger partial charge >= 0.3 is 5.92 Å². The van der Waals surface area contributed by atoms with E-state index in [9.17, 15) is 13.6 Å². The van der Waals surface area contributed by atoms with Crippen molar-refractivity contribution in [3.63, 3.8) is 0 Å². The van der Waals surface area contributed by atoms with Crippen LogP contribution in [0.3, 0.4) is 0 Å². The molecular weight excluding hydrogens is 262 g/mol. The van der Waals surface area contributed by atoms with E-state index in [0.717, 1.165) is 4.90 Å². The molecule has 1 aliphatic heterocycles. The number of carbonyl (C=O) groups excluding carboxylic acids is 1. The van der Waals surface area contributed by atoms with Crippen molar-refractivity contribution < 1.29 is 13.6 Å². The summed E-state index contributed by atoms with van der Waals surface area (Å²) in [5, 5.41) is 0. The average Bonchev–Trinajstić information content (AvgIpc) is 2.76. The van der Waals surface area contributed by atoms with Crippen LogP contribution in [0.4, 0.5) is 8.78 Å². The Morgan fingerprint density at radius 2 is 1.94 bits per heavy atom. The highest BCUT2D eigenvalue weighted by atomic mass is 35.5. The van der Waals surface area contributed by atoms with E-state index in [1.54, 1.807) is 6.07 Å². The first-order valence-electron chi connectivity index (χ1n) is 5.50. The van der Waals surface area contributed by atoms with Crippen LogP contribution >= 0.6 is 12.4 Å². The SMILES string of the molecule is Cl.N[C@@H]1CCN(C(=O)C(F)(F)c2ccccc2)C1. The van der Waals surface area contributed by atoms with Crippen LogP contribution in [-0.4, -0.2) is 29.9 Å². The maximum Gasteiger partial charge on any atom is 0.349 e. The molecule has 0 aromatic heterocycles. The molecule has 2 rings (SSSR count). The number of hydrogen-bond acceptors (Lipinski definition) is 2. The third-order valence-electron chi connectivity index (χ3n) is 2.92. The highest BCUT2D eigenvalue weighted by Crippen LogP contribution is 2.31. The van der Waals surface area contributed by atoms with Crippen LogP contribution in [0.2, 0.25) is 0 Å². The Morgan fingerprint density at radius 3 is 2.44 bits per heavy atom. The predicted molar refractivity (Wildman–Crippen MR) is 66.8 cm³/mol. The van der Waals surface area contributed by atoms with E-state index in [2.05, 4.69) is 0 Å². The minimum atomic E-state index is -3.47. The van der Waals surface area contributed by atoms with Gasteiger partial charge in [0.1, 0.15) is 0 Å². The summed E-state index contributed by atoms with van der Waals surface area (Å²) in [7, 11) is 0. The van der Waals surface area contributed by atoms with Crippen LogP contribution < -0.4 is 5.73 Å². The Kier molecular flexibility index (Phi) is 4.65. The number of hydrogen-bond donors (Lipinski definition) is 1. The molecule has 0 spiro atoms.